The summed E-state index contributed by atoms with van der Waals surface area (Å²) in [5, 5.41) is 24.1. The summed E-state index contributed by atoms with van der Waals surface area (Å²) >= 11 is 22.0. The van der Waals surface area contributed by atoms with Crippen molar-refractivity contribution in [2.45, 2.75) is 47.7 Å². The van der Waals surface area contributed by atoms with E-state index in [0.29, 0.717) is 0 Å². The van der Waals surface area contributed by atoms with Crippen LogP contribution in [0.5, 0.6) is 0 Å². The molecule has 19 aromatic carbocycles. The van der Waals surface area contributed by atoms with Gasteiger partial charge in [-0.1, -0.05) is 331 Å². The first-order chi connectivity index (χ1) is 62.0. The Labute approximate surface area is 766 Å². The number of fused-ring (bicyclic) bond motifs is 15. The largest absolute Gasteiger partial charge is 0.310 e. The van der Waals surface area contributed by atoms with Gasteiger partial charge in [0, 0.05) is 86.4 Å². The maximum Gasteiger partial charge on any atom is 0.180 e. The molecular weight excluding hydrogens is 1670 g/mol. The van der Waals surface area contributed by atoms with Crippen molar-refractivity contribution in [3.8, 4) is 33.4 Å². The molecule has 0 radical (unpaired) electrons. The lowest BCUT2D eigenvalue weighted by molar-refractivity contribution is 1.29. The molecule has 0 atom stereocenters. The fraction of sp³-hybridized carbons (Fsp3) is 0.0598. The molecule has 0 N–H and O–H groups in total. The molecule has 3 nitrogen and oxygen atoms in total. The summed E-state index contributed by atoms with van der Waals surface area (Å²) in [5.74, 6) is 0. The van der Waals surface area contributed by atoms with Crippen molar-refractivity contribution in [2.75, 3.05) is 14.7 Å². The molecule has 10 heteroatoms. The van der Waals surface area contributed by atoms with Gasteiger partial charge in [0.05, 0.1) is 0 Å². The number of halogens is 3. The zero-order valence-corrected chi connectivity index (χ0v) is 77.8. The molecule has 3 aliphatic rings. The summed E-state index contributed by atoms with van der Waals surface area (Å²) in [6.45, 7) is 15.8. The zero-order valence-electron chi connectivity index (χ0n) is 71.7. The SMILES string of the molecule is Cc1cc(Cl)cc2c1-c1cc(N(c3ccc4c(ccc5ccccc54)c3)c3ccc4sc5ccccc5c4c3)ccc1[Si]2(C)C.Cc1ccc([Si]2(c3ccc(C)cc3)c3ccc(N(c4ccccc4)c4ccccc4)cc3-c3ccc(Cl)cc32)cc1.Cc1cccc([Si]2(c3cccc(C)c3)c3ccc(N(c4ccccc4)c4ccccc4)cc3-c3ccc(Cl)cc32)c1. The zero-order chi connectivity index (χ0) is 86.4. The number of thiophene rings is 1. The van der Waals surface area contributed by atoms with E-state index in [9.17, 15) is 0 Å². The van der Waals surface area contributed by atoms with Crippen LogP contribution in [-0.4, -0.2) is 24.2 Å². The summed E-state index contributed by atoms with van der Waals surface area (Å²) in [6.07, 6.45) is 0. The first-order valence-electron chi connectivity index (χ1n) is 43.6. The van der Waals surface area contributed by atoms with E-state index < -0.39 is 24.2 Å². The predicted octanol–water partition coefficient (Wildman–Crippen LogP) is 27.2. The van der Waals surface area contributed by atoms with E-state index in [1.54, 1.807) is 0 Å². The Balaban J connectivity index is 0.000000116. The number of anilines is 9. The number of hydrogen-bond acceptors (Lipinski definition) is 4. The summed E-state index contributed by atoms with van der Waals surface area (Å²) in [7, 11) is -7.14. The van der Waals surface area contributed by atoms with Crippen LogP contribution in [-0.2, 0) is 0 Å². The van der Waals surface area contributed by atoms with Gasteiger partial charge < -0.3 is 14.7 Å². The minimum atomic E-state index is -2.64. The highest BCUT2D eigenvalue weighted by Gasteiger charge is 2.51. The van der Waals surface area contributed by atoms with Crippen LogP contribution >= 0.6 is 46.1 Å². The lowest BCUT2D eigenvalue weighted by atomic mass is 9.99. The highest BCUT2D eigenvalue weighted by atomic mass is 35.5. The molecule has 0 fully saturated rings. The number of rotatable bonds is 13. The van der Waals surface area contributed by atoms with Crippen LogP contribution in [0, 0.1) is 34.6 Å². The molecule has 127 heavy (non-hydrogen) atoms. The molecule has 1 aromatic heterocycles. The van der Waals surface area contributed by atoms with Gasteiger partial charge in [-0.05, 0) is 305 Å². The van der Waals surface area contributed by atoms with E-state index in [2.05, 4.69) is 469 Å². The summed E-state index contributed by atoms with van der Waals surface area (Å²) in [4.78, 5) is 7.13. The van der Waals surface area contributed by atoms with Crippen molar-refractivity contribution >= 4 is 215 Å². The highest BCUT2D eigenvalue weighted by molar-refractivity contribution is 7.26. The van der Waals surface area contributed by atoms with E-state index in [4.69, 9.17) is 34.8 Å². The van der Waals surface area contributed by atoms with Crippen molar-refractivity contribution in [3.63, 3.8) is 0 Å². The van der Waals surface area contributed by atoms with Gasteiger partial charge in [0.2, 0.25) is 0 Å². The minimum absolute atomic E-state index is 0.781. The van der Waals surface area contributed by atoms with E-state index in [0.717, 1.165) is 60.6 Å². The third-order valence-corrected chi connectivity index (χ3v) is 41.4. The third-order valence-electron chi connectivity index (χ3n) is 26.4. The van der Waals surface area contributed by atoms with Crippen LogP contribution in [0.1, 0.15) is 27.8 Å². The molecule has 0 saturated heterocycles. The summed E-state index contributed by atoms with van der Waals surface area (Å²) in [5.41, 5.74) is 24.5. The highest BCUT2D eigenvalue weighted by Crippen LogP contribution is 2.47. The fourth-order valence-corrected chi connectivity index (χ4v) is 36.2. The predicted molar refractivity (Wildman–Crippen MR) is 557 cm³/mol. The Morgan fingerprint density at radius 2 is 0.622 bits per heavy atom. The Morgan fingerprint density at radius 1 is 0.220 bits per heavy atom. The third kappa shape index (κ3) is 14.2. The molecule has 0 spiro atoms. The van der Waals surface area contributed by atoms with E-state index >= 15 is 0 Å². The smallest absolute Gasteiger partial charge is 0.180 e. The van der Waals surface area contributed by atoms with Crippen LogP contribution < -0.4 is 66.6 Å². The van der Waals surface area contributed by atoms with E-state index in [1.165, 1.54) is 160 Å². The van der Waals surface area contributed by atoms with Crippen LogP contribution in [0.2, 0.25) is 28.2 Å². The van der Waals surface area contributed by atoms with Crippen LogP contribution in [0.4, 0.5) is 51.2 Å². The number of nitrogens with zero attached hydrogens (tertiary/aromatic N) is 3. The number of benzene rings is 19. The standard InChI is InChI=1S/C41H30ClNSSi.2C38H30ClNSi/c1-25-20-28(42)22-40-41(25)36-24-31(16-19-39(36)45(40,2)3)43(30-15-18-38-35(23-30)34-10-6-7-11-37(34)44-38)29-14-17-33-27(21-29)13-12-26-8-4-5-9-32(26)33;1-27-11-9-17-33(23-27)41(34-18-10-12-28(2)24-34)37-22-20-32(26-36(37)35-21-19-29(39)25-38(35)41)40(30-13-5-3-6-14-30)31-15-7-4-8-16-31;1-27-13-19-33(20-14-27)41(34-21-15-28(2)16-22-34)37-24-18-32(26-36(37)35-23-17-29(39)25-38(35)41)40(30-9-5-3-6-10-30)31-11-7-4-8-12-31/h4-24H,1-3H3;2*3-26H,1-2H3. The van der Waals surface area contributed by atoms with Gasteiger partial charge in [-0.2, -0.15) is 0 Å². The Morgan fingerprint density at radius 3 is 1.14 bits per heavy atom. The van der Waals surface area contributed by atoms with Gasteiger partial charge in [-0.15, -0.1) is 11.3 Å². The minimum Gasteiger partial charge on any atom is -0.310 e. The molecular formula is C117H90Cl3N3SSi3. The molecule has 0 amide bonds. The van der Waals surface area contributed by atoms with Crippen molar-refractivity contribution in [2.24, 2.45) is 0 Å². The second kappa shape index (κ2) is 33.0. The van der Waals surface area contributed by atoms with Crippen molar-refractivity contribution in [3.05, 3.63) is 461 Å². The topological polar surface area (TPSA) is 9.72 Å². The first-order valence-corrected chi connectivity index (χ1v) is 52.5. The van der Waals surface area contributed by atoms with Crippen LogP contribution in [0.15, 0.2) is 419 Å². The molecule has 0 unspecified atom stereocenters. The van der Waals surface area contributed by atoms with Crippen LogP contribution in [0.3, 0.4) is 0 Å². The van der Waals surface area contributed by atoms with Gasteiger partial charge >= 0.3 is 0 Å². The molecule has 4 heterocycles. The van der Waals surface area contributed by atoms with E-state index in [1.807, 2.05) is 23.5 Å². The van der Waals surface area contributed by atoms with Gasteiger partial charge in [-0.25, -0.2) is 0 Å². The molecule has 3 aliphatic heterocycles. The van der Waals surface area contributed by atoms with Crippen LogP contribution in [0.25, 0.3) is 75.1 Å². The van der Waals surface area contributed by atoms with Crippen molar-refractivity contribution in [1.29, 1.82) is 0 Å². The summed E-state index contributed by atoms with van der Waals surface area (Å²) < 4.78 is 2.64. The van der Waals surface area contributed by atoms with Gasteiger partial charge in [0.25, 0.3) is 0 Å². The Kier molecular flexibility index (Phi) is 21.0. The quantitative estimate of drug-likeness (QED) is 0.0841. The molecule has 23 rings (SSSR count). The molecule has 612 valence electrons. The van der Waals surface area contributed by atoms with E-state index in [-0.39, 0.29) is 0 Å². The second-order valence-electron chi connectivity index (χ2n) is 34.6. The average molecular weight is 1760 g/mol. The second-order valence-corrected chi connectivity index (χ2v) is 48.8. The average Bonchev–Trinajstić information content (AvgIpc) is 1.54. The van der Waals surface area contributed by atoms with Gasteiger partial charge in [0.1, 0.15) is 8.07 Å². The monoisotopic (exact) mass is 1760 g/mol. The summed E-state index contributed by atoms with van der Waals surface area (Å²) in [6, 6.07) is 154. The molecule has 0 bridgehead atoms. The maximum absolute atomic E-state index is 6.79. The number of para-hydroxylation sites is 4. The lowest BCUT2D eigenvalue weighted by Crippen LogP contribution is -2.73. The van der Waals surface area contributed by atoms with Gasteiger partial charge in [-0.3, -0.25) is 0 Å². The first kappa shape index (κ1) is 80.9. The number of hydrogen-bond donors (Lipinski definition) is 0. The Bertz CT molecular complexity index is 7500. The maximum atomic E-state index is 6.79. The Hall–Kier alpha value is -13.2. The molecule has 0 aliphatic carbocycles. The fourth-order valence-electron chi connectivity index (χ4n) is 20.6. The van der Waals surface area contributed by atoms with Gasteiger partial charge in [0.15, 0.2) is 16.1 Å². The molecule has 0 saturated carbocycles. The van der Waals surface area contributed by atoms with Crippen molar-refractivity contribution < 1.29 is 0 Å². The van der Waals surface area contributed by atoms with Crippen molar-refractivity contribution in [1.82, 2.24) is 0 Å². The number of aryl methyl sites for hydroxylation is 5. The molecule has 20 aromatic rings. The lowest BCUT2D eigenvalue weighted by Gasteiger charge is -2.32. The normalized spacial score (nSPS) is 13.1.